The summed E-state index contributed by atoms with van der Waals surface area (Å²) in [4.78, 5) is 14.5. The Morgan fingerprint density at radius 2 is 2.00 bits per heavy atom. The van der Waals surface area contributed by atoms with E-state index in [4.69, 9.17) is 9.47 Å². The molecule has 1 aromatic carbocycles. The lowest BCUT2D eigenvalue weighted by Crippen LogP contribution is -2.18. The number of halogens is 1. The summed E-state index contributed by atoms with van der Waals surface area (Å²) >= 11 is 3.49. The Bertz CT molecular complexity index is 560. The van der Waals surface area contributed by atoms with Gasteiger partial charge >= 0.3 is 0 Å². The van der Waals surface area contributed by atoms with Crippen LogP contribution in [-0.4, -0.2) is 19.3 Å². The number of fused-ring (bicyclic) bond motifs is 1. The molecule has 1 aromatic rings. The van der Waals surface area contributed by atoms with Crippen molar-refractivity contribution in [3.63, 3.8) is 0 Å². The number of hydrogen-bond acceptors (Lipinski definition) is 4. The average molecular weight is 310 g/mol. The summed E-state index contributed by atoms with van der Waals surface area (Å²) in [6, 6.07) is 1.98. The van der Waals surface area contributed by atoms with Crippen LogP contribution in [-0.2, 0) is 10.3 Å². The lowest BCUT2D eigenvalue weighted by molar-refractivity contribution is 0.169. The molecule has 0 amide bonds. The fourth-order valence-electron chi connectivity index (χ4n) is 2.43. The van der Waals surface area contributed by atoms with Gasteiger partial charge in [0.2, 0.25) is 6.08 Å². The molecule has 3 rings (SSSR count). The van der Waals surface area contributed by atoms with Crippen LogP contribution in [0.5, 0.6) is 11.5 Å². The van der Waals surface area contributed by atoms with Gasteiger partial charge in [0.1, 0.15) is 13.2 Å². The number of benzene rings is 1. The third-order valence-electron chi connectivity index (χ3n) is 3.50. The van der Waals surface area contributed by atoms with E-state index in [1.165, 1.54) is 0 Å². The minimum Gasteiger partial charge on any atom is -0.486 e. The topological polar surface area (TPSA) is 47.9 Å². The maximum absolute atomic E-state index is 10.6. The zero-order valence-electron chi connectivity index (χ0n) is 9.96. The summed E-state index contributed by atoms with van der Waals surface area (Å²) in [6.45, 7) is 3.09. The van der Waals surface area contributed by atoms with E-state index < -0.39 is 0 Å². The fourth-order valence-corrected chi connectivity index (χ4v) is 2.95. The van der Waals surface area contributed by atoms with E-state index in [1.54, 1.807) is 6.08 Å². The number of aliphatic imine (C=N–C) groups is 1. The predicted octanol–water partition coefficient (Wildman–Crippen LogP) is 2.85. The molecule has 1 saturated carbocycles. The highest BCUT2D eigenvalue weighted by Gasteiger charge is 2.47. The first-order valence-electron chi connectivity index (χ1n) is 5.86. The van der Waals surface area contributed by atoms with Gasteiger partial charge in [0.05, 0.1) is 10.0 Å². The molecule has 0 bridgehead atoms. The lowest BCUT2D eigenvalue weighted by atomic mass is 9.98. The number of isocyanates is 1. The molecule has 18 heavy (non-hydrogen) atoms. The zero-order chi connectivity index (χ0) is 12.8. The highest BCUT2D eigenvalue weighted by Crippen LogP contribution is 2.54. The van der Waals surface area contributed by atoms with Crippen molar-refractivity contribution in [1.29, 1.82) is 0 Å². The summed E-state index contributed by atoms with van der Waals surface area (Å²) in [6.07, 6.45) is 3.45. The minimum absolute atomic E-state index is 0.385. The van der Waals surface area contributed by atoms with Gasteiger partial charge in [-0.2, -0.15) is 4.99 Å². The maximum Gasteiger partial charge on any atom is 0.235 e. The average Bonchev–Trinajstić information content (AvgIpc) is 3.15. The molecular weight excluding hydrogens is 298 g/mol. The monoisotopic (exact) mass is 309 g/mol. The van der Waals surface area contributed by atoms with E-state index in [2.05, 4.69) is 20.9 Å². The van der Waals surface area contributed by atoms with E-state index in [-0.39, 0.29) is 5.54 Å². The molecule has 0 radical (unpaired) electrons. The predicted molar refractivity (Wildman–Crippen MR) is 68.9 cm³/mol. The van der Waals surface area contributed by atoms with Crippen LogP contribution in [0.1, 0.15) is 24.0 Å². The normalized spacial score (nSPS) is 19.0. The molecule has 1 fully saturated rings. The molecule has 1 aliphatic carbocycles. The SMILES string of the molecule is Cc1c(C2(N=C=O)CC2)cc(Br)c2c1OCCO2. The van der Waals surface area contributed by atoms with Crippen molar-refractivity contribution in [3.8, 4) is 11.5 Å². The lowest BCUT2D eigenvalue weighted by Gasteiger charge is -2.24. The molecule has 2 aliphatic rings. The Morgan fingerprint density at radius 3 is 2.61 bits per heavy atom. The molecular formula is C13H12BrNO3. The van der Waals surface area contributed by atoms with Gasteiger partial charge in [0.15, 0.2) is 11.5 Å². The molecule has 0 unspecified atom stereocenters. The van der Waals surface area contributed by atoms with Crippen molar-refractivity contribution in [1.82, 2.24) is 0 Å². The first-order chi connectivity index (χ1) is 8.68. The van der Waals surface area contributed by atoms with Crippen LogP contribution in [0.25, 0.3) is 0 Å². The number of nitrogens with zero attached hydrogens (tertiary/aromatic N) is 1. The molecule has 0 atom stereocenters. The van der Waals surface area contributed by atoms with Gasteiger partial charge in [-0.25, -0.2) is 4.79 Å². The first-order valence-corrected chi connectivity index (χ1v) is 6.65. The van der Waals surface area contributed by atoms with Crippen LogP contribution in [0.15, 0.2) is 15.5 Å². The number of hydrogen-bond donors (Lipinski definition) is 0. The van der Waals surface area contributed by atoms with Crippen LogP contribution in [0.2, 0.25) is 0 Å². The van der Waals surface area contributed by atoms with Crippen LogP contribution < -0.4 is 9.47 Å². The molecule has 94 valence electrons. The van der Waals surface area contributed by atoms with Crippen molar-refractivity contribution in [2.45, 2.75) is 25.3 Å². The second kappa shape index (κ2) is 4.11. The molecule has 1 heterocycles. The van der Waals surface area contributed by atoms with Crippen molar-refractivity contribution in [2.75, 3.05) is 13.2 Å². The standard InChI is InChI=1S/C13H12BrNO3/c1-8-9(13(2-3-13)15-7-16)6-10(14)12-11(8)17-4-5-18-12/h6H,2-5H2,1H3. The Morgan fingerprint density at radius 1 is 1.33 bits per heavy atom. The molecule has 4 nitrogen and oxygen atoms in total. The van der Waals surface area contributed by atoms with Gasteiger partial charge in [-0.15, -0.1) is 0 Å². The maximum atomic E-state index is 10.6. The highest BCUT2D eigenvalue weighted by molar-refractivity contribution is 9.10. The Balaban J connectivity index is 2.17. The Kier molecular flexibility index (Phi) is 2.68. The zero-order valence-corrected chi connectivity index (χ0v) is 11.5. The van der Waals surface area contributed by atoms with E-state index in [0.717, 1.165) is 39.9 Å². The van der Waals surface area contributed by atoms with Crippen LogP contribution >= 0.6 is 15.9 Å². The van der Waals surface area contributed by atoms with Crippen LogP contribution in [0.3, 0.4) is 0 Å². The summed E-state index contributed by atoms with van der Waals surface area (Å²) in [7, 11) is 0. The smallest absolute Gasteiger partial charge is 0.235 e. The molecule has 5 heteroatoms. The number of carbonyl (C=O) groups excluding carboxylic acids is 1. The number of rotatable bonds is 2. The summed E-state index contributed by atoms with van der Waals surface area (Å²) < 4.78 is 12.1. The van der Waals surface area contributed by atoms with Crippen molar-refractivity contribution in [2.24, 2.45) is 4.99 Å². The first kappa shape index (κ1) is 11.8. The van der Waals surface area contributed by atoms with Gasteiger partial charge in [-0.1, -0.05) is 0 Å². The minimum atomic E-state index is -0.385. The van der Waals surface area contributed by atoms with Crippen molar-refractivity contribution >= 4 is 22.0 Å². The van der Waals surface area contributed by atoms with E-state index in [9.17, 15) is 4.79 Å². The van der Waals surface area contributed by atoms with Gasteiger partial charge < -0.3 is 9.47 Å². The largest absolute Gasteiger partial charge is 0.486 e. The molecule has 0 saturated heterocycles. The van der Waals surface area contributed by atoms with Gasteiger partial charge in [-0.3, -0.25) is 0 Å². The number of ether oxygens (including phenoxy) is 2. The van der Waals surface area contributed by atoms with E-state index in [1.807, 2.05) is 13.0 Å². The Hall–Kier alpha value is -1.32. The van der Waals surface area contributed by atoms with Crippen LogP contribution in [0.4, 0.5) is 0 Å². The summed E-state index contributed by atoms with van der Waals surface area (Å²) in [5, 5.41) is 0. The Labute approximate surface area is 113 Å². The molecule has 0 aromatic heterocycles. The van der Waals surface area contributed by atoms with Gasteiger partial charge in [0.25, 0.3) is 0 Å². The second-order valence-electron chi connectivity index (χ2n) is 4.62. The van der Waals surface area contributed by atoms with Crippen LogP contribution in [0, 0.1) is 6.92 Å². The third-order valence-corrected chi connectivity index (χ3v) is 4.09. The van der Waals surface area contributed by atoms with E-state index in [0.29, 0.717) is 13.2 Å². The molecule has 0 N–H and O–H groups in total. The quantitative estimate of drug-likeness (QED) is 0.623. The third kappa shape index (κ3) is 1.66. The fraction of sp³-hybridized carbons (Fsp3) is 0.462. The van der Waals surface area contributed by atoms with E-state index >= 15 is 0 Å². The molecule has 1 aliphatic heterocycles. The van der Waals surface area contributed by atoms with Crippen molar-refractivity contribution in [3.05, 3.63) is 21.7 Å². The second-order valence-corrected chi connectivity index (χ2v) is 5.48. The highest BCUT2D eigenvalue weighted by atomic mass is 79.9. The summed E-state index contributed by atoms with van der Waals surface area (Å²) in [5.74, 6) is 1.51. The van der Waals surface area contributed by atoms with Gasteiger partial charge in [0, 0.05) is 5.56 Å². The van der Waals surface area contributed by atoms with Crippen molar-refractivity contribution < 1.29 is 14.3 Å². The van der Waals surface area contributed by atoms with Gasteiger partial charge in [-0.05, 0) is 47.3 Å². The molecule has 0 spiro atoms. The summed E-state index contributed by atoms with van der Waals surface area (Å²) in [5.41, 5.74) is 1.65.